The van der Waals surface area contributed by atoms with Gasteiger partial charge in [0, 0.05) is 25.1 Å². The zero-order valence-corrected chi connectivity index (χ0v) is 13.1. The van der Waals surface area contributed by atoms with E-state index in [0.29, 0.717) is 12.0 Å². The minimum absolute atomic E-state index is 0.411. The summed E-state index contributed by atoms with van der Waals surface area (Å²) in [6.45, 7) is 3.62. The lowest BCUT2D eigenvalue weighted by Crippen LogP contribution is -2.36. The van der Waals surface area contributed by atoms with E-state index in [9.17, 15) is 8.78 Å². The Hall–Kier alpha value is -1.27. The van der Waals surface area contributed by atoms with Gasteiger partial charge in [-0.05, 0) is 47.5 Å². The summed E-state index contributed by atoms with van der Waals surface area (Å²) in [7, 11) is 1.81. The molecule has 0 bridgehead atoms. The highest BCUT2D eigenvalue weighted by atomic mass is 79.9. The third-order valence-electron chi connectivity index (χ3n) is 3.32. The number of halogens is 3. The quantitative estimate of drug-likeness (QED) is 0.929. The molecule has 0 aliphatic heterocycles. The summed E-state index contributed by atoms with van der Waals surface area (Å²) in [5, 5.41) is 4.29. The molecule has 0 spiro atoms. The van der Waals surface area contributed by atoms with E-state index in [4.69, 9.17) is 5.73 Å². The van der Waals surface area contributed by atoms with E-state index in [0.717, 1.165) is 21.9 Å². The second-order valence-corrected chi connectivity index (χ2v) is 6.02. The monoisotopic (exact) mass is 343 g/mol. The maximum Gasteiger partial charge on any atom is 0.126 e. The molecule has 0 fully saturated rings. The van der Waals surface area contributed by atoms with Crippen LogP contribution in [-0.4, -0.2) is 9.78 Å². The van der Waals surface area contributed by atoms with Crippen LogP contribution in [0, 0.1) is 18.6 Å². The molecule has 108 valence electrons. The summed E-state index contributed by atoms with van der Waals surface area (Å²) in [6, 6.07) is 3.37. The molecule has 1 aromatic heterocycles. The van der Waals surface area contributed by atoms with E-state index < -0.39 is 17.2 Å². The van der Waals surface area contributed by atoms with Crippen molar-refractivity contribution in [2.75, 3.05) is 0 Å². The van der Waals surface area contributed by atoms with Gasteiger partial charge in [-0.1, -0.05) is 0 Å². The minimum atomic E-state index is -0.897. The Morgan fingerprint density at radius 1 is 1.30 bits per heavy atom. The highest BCUT2D eigenvalue weighted by Gasteiger charge is 2.26. The first-order chi connectivity index (χ1) is 9.20. The summed E-state index contributed by atoms with van der Waals surface area (Å²) < 4.78 is 29.3. The Labute approximate surface area is 124 Å². The number of aryl methyl sites for hydroxylation is 2. The van der Waals surface area contributed by atoms with Gasteiger partial charge in [0.25, 0.3) is 0 Å². The molecule has 1 atom stereocenters. The largest absolute Gasteiger partial charge is 0.321 e. The Morgan fingerprint density at radius 3 is 2.30 bits per heavy atom. The predicted molar refractivity (Wildman–Crippen MR) is 77.2 cm³/mol. The minimum Gasteiger partial charge on any atom is -0.321 e. The normalized spacial score (nSPS) is 14.3. The molecule has 20 heavy (non-hydrogen) atoms. The van der Waals surface area contributed by atoms with Gasteiger partial charge in [-0.15, -0.1) is 0 Å². The van der Waals surface area contributed by atoms with Gasteiger partial charge in [-0.2, -0.15) is 5.10 Å². The number of hydrogen-bond donors (Lipinski definition) is 1. The Bertz CT molecular complexity index is 630. The molecule has 0 amide bonds. The smallest absolute Gasteiger partial charge is 0.126 e. The second-order valence-electron chi connectivity index (χ2n) is 5.22. The van der Waals surface area contributed by atoms with E-state index in [-0.39, 0.29) is 0 Å². The van der Waals surface area contributed by atoms with Crippen molar-refractivity contribution in [3.05, 3.63) is 51.3 Å². The average Bonchev–Trinajstić information content (AvgIpc) is 2.54. The van der Waals surface area contributed by atoms with E-state index in [1.807, 2.05) is 14.0 Å². The first-order valence-corrected chi connectivity index (χ1v) is 6.93. The third kappa shape index (κ3) is 2.91. The summed E-state index contributed by atoms with van der Waals surface area (Å²) in [4.78, 5) is 0. The summed E-state index contributed by atoms with van der Waals surface area (Å²) in [6.07, 6.45) is 0.411. The summed E-state index contributed by atoms with van der Waals surface area (Å²) in [5.41, 5.74) is 7.52. The number of aromatic nitrogens is 2. The highest BCUT2D eigenvalue weighted by Crippen LogP contribution is 2.29. The van der Waals surface area contributed by atoms with Crippen LogP contribution < -0.4 is 5.73 Å². The fraction of sp³-hybridized carbons (Fsp3) is 0.357. The van der Waals surface area contributed by atoms with Crippen molar-refractivity contribution in [1.82, 2.24) is 9.78 Å². The van der Waals surface area contributed by atoms with Gasteiger partial charge >= 0.3 is 0 Å². The van der Waals surface area contributed by atoms with Gasteiger partial charge in [0.2, 0.25) is 0 Å². The molecule has 2 rings (SSSR count). The van der Waals surface area contributed by atoms with Crippen molar-refractivity contribution in [3.8, 4) is 0 Å². The third-order valence-corrected chi connectivity index (χ3v) is 4.35. The maximum absolute atomic E-state index is 13.3. The molecule has 0 aliphatic carbocycles. The molecule has 6 heteroatoms. The first-order valence-electron chi connectivity index (χ1n) is 6.14. The van der Waals surface area contributed by atoms with Crippen LogP contribution in [0.5, 0.6) is 0 Å². The molecule has 2 aromatic rings. The zero-order valence-electron chi connectivity index (χ0n) is 11.5. The van der Waals surface area contributed by atoms with Crippen molar-refractivity contribution < 1.29 is 8.78 Å². The molecule has 1 unspecified atom stereocenters. The van der Waals surface area contributed by atoms with Crippen molar-refractivity contribution in [2.45, 2.75) is 25.8 Å². The molecular weight excluding hydrogens is 328 g/mol. The summed E-state index contributed by atoms with van der Waals surface area (Å²) in [5.74, 6) is -1.26. The van der Waals surface area contributed by atoms with E-state index in [1.165, 1.54) is 12.1 Å². The number of hydrogen-bond acceptors (Lipinski definition) is 2. The second kappa shape index (κ2) is 5.26. The standard InChI is InChI=1S/C14H16BrF2N3/c1-8-13(15)12(20(3)19-8)7-14(2,18)9-4-10(16)6-11(17)5-9/h4-6H,7,18H2,1-3H3. The van der Waals surface area contributed by atoms with Crippen LogP contribution in [0.25, 0.3) is 0 Å². The maximum atomic E-state index is 13.3. The van der Waals surface area contributed by atoms with Crippen molar-refractivity contribution in [2.24, 2.45) is 12.8 Å². The lowest BCUT2D eigenvalue weighted by molar-refractivity contribution is 0.461. The molecule has 0 aliphatic rings. The fourth-order valence-corrected chi connectivity index (χ4v) is 2.68. The molecule has 0 saturated carbocycles. The van der Waals surface area contributed by atoms with Gasteiger partial charge in [0.1, 0.15) is 11.6 Å². The lowest BCUT2D eigenvalue weighted by atomic mass is 9.88. The molecule has 2 N–H and O–H groups in total. The topological polar surface area (TPSA) is 43.8 Å². The van der Waals surface area contributed by atoms with Gasteiger partial charge in [0.05, 0.1) is 15.9 Å². The Morgan fingerprint density at radius 2 is 1.85 bits per heavy atom. The SMILES string of the molecule is Cc1nn(C)c(CC(C)(N)c2cc(F)cc(F)c2)c1Br. The van der Waals surface area contributed by atoms with E-state index in [2.05, 4.69) is 21.0 Å². The van der Waals surface area contributed by atoms with E-state index in [1.54, 1.807) is 11.6 Å². The predicted octanol–water partition coefficient (Wildman–Crippen LogP) is 3.19. The van der Waals surface area contributed by atoms with Crippen LogP contribution >= 0.6 is 15.9 Å². The Kier molecular flexibility index (Phi) is 3.97. The van der Waals surface area contributed by atoms with Crippen LogP contribution in [0.3, 0.4) is 0 Å². The number of nitrogens with two attached hydrogens (primary N) is 1. The van der Waals surface area contributed by atoms with Crippen LogP contribution in [0.15, 0.2) is 22.7 Å². The fourth-order valence-electron chi connectivity index (χ4n) is 2.21. The molecule has 1 heterocycles. The van der Waals surface area contributed by atoms with Crippen LogP contribution in [0.1, 0.15) is 23.9 Å². The number of benzene rings is 1. The zero-order chi connectivity index (χ0) is 15.1. The van der Waals surface area contributed by atoms with Crippen LogP contribution in [-0.2, 0) is 19.0 Å². The van der Waals surface area contributed by atoms with Gasteiger partial charge in [-0.3, -0.25) is 4.68 Å². The van der Waals surface area contributed by atoms with Gasteiger partial charge in [0.15, 0.2) is 0 Å². The molecule has 0 radical (unpaired) electrons. The molecule has 0 saturated heterocycles. The average molecular weight is 344 g/mol. The Balaban J connectivity index is 2.40. The van der Waals surface area contributed by atoms with Crippen molar-refractivity contribution in [1.29, 1.82) is 0 Å². The van der Waals surface area contributed by atoms with Crippen LogP contribution in [0.4, 0.5) is 8.78 Å². The number of nitrogens with zero attached hydrogens (tertiary/aromatic N) is 2. The highest BCUT2D eigenvalue weighted by molar-refractivity contribution is 9.10. The van der Waals surface area contributed by atoms with Crippen LogP contribution in [0.2, 0.25) is 0 Å². The number of rotatable bonds is 3. The van der Waals surface area contributed by atoms with Crippen molar-refractivity contribution in [3.63, 3.8) is 0 Å². The van der Waals surface area contributed by atoms with E-state index >= 15 is 0 Å². The molecule has 1 aromatic carbocycles. The lowest BCUT2D eigenvalue weighted by Gasteiger charge is -2.25. The molecular formula is C14H16BrF2N3. The van der Waals surface area contributed by atoms with Gasteiger partial charge < -0.3 is 5.73 Å². The van der Waals surface area contributed by atoms with Gasteiger partial charge in [-0.25, -0.2) is 8.78 Å². The van der Waals surface area contributed by atoms with Crippen molar-refractivity contribution >= 4 is 15.9 Å². The summed E-state index contributed by atoms with van der Waals surface area (Å²) >= 11 is 3.47. The molecule has 3 nitrogen and oxygen atoms in total. The first kappa shape index (κ1) is 15.1.